The first-order valence-electron chi connectivity index (χ1n) is 4.30. The topological polar surface area (TPSA) is 54.6 Å². The highest BCUT2D eigenvalue weighted by molar-refractivity contribution is 8.93. The molecule has 1 N–H and O–H groups in total. The molecule has 0 saturated heterocycles. The third-order valence-corrected chi connectivity index (χ3v) is 2.89. The Morgan fingerprint density at radius 1 is 1.67 bits per heavy atom. The second-order valence-corrected chi connectivity index (χ2v) is 3.99. The number of aliphatic carboxylic acids is 1. The van der Waals surface area contributed by atoms with Gasteiger partial charge in [-0.1, -0.05) is 0 Å². The van der Waals surface area contributed by atoms with E-state index in [1.165, 1.54) is 0 Å². The number of carboxylic acids is 1. The Hall–Kier alpha value is -0.880. The molecule has 82 valence electrons. The van der Waals surface area contributed by atoms with E-state index in [9.17, 15) is 4.79 Å². The summed E-state index contributed by atoms with van der Waals surface area (Å²) < 4.78 is 1.96. The van der Waals surface area contributed by atoms with Crippen molar-refractivity contribution in [2.45, 2.75) is 19.8 Å². The highest BCUT2D eigenvalue weighted by atomic mass is 79.9. The second-order valence-electron chi connectivity index (χ2n) is 3.16. The minimum Gasteiger partial charge on any atom is -0.481 e. The number of aromatic nitrogens is 2. The molecule has 0 bridgehead atoms. The molecule has 2 aromatic heterocycles. The van der Waals surface area contributed by atoms with Gasteiger partial charge in [0, 0.05) is 17.3 Å². The Morgan fingerprint density at radius 3 is 3.07 bits per heavy atom. The van der Waals surface area contributed by atoms with Crippen molar-refractivity contribution < 1.29 is 9.90 Å². The lowest BCUT2D eigenvalue weighted by molar-refractivity contribution is -0.136. The average molecular weight is 291 g/mol. The van der Waals surface area contributed by atoms with E-state index in [1.807, 2.05) is 22.9 Å². The summed E-state index contributed by atoms with van der Waals surface area (Å²) >= 11 is 1.55. The lowest BCUT2D eigenvalue weighted by Crippen LogP contribution is -1.99. The molecular formula is C9H11BrN2O2S. The van der Waals surface area contributed by atoms with Gasteiger partial charge in [0.2, 0.25) is 0 Å². The summed E-state index contributed by atoms with van der Waals surface area (Å²) in [6, 6.07) is 0. The maximum absolute atomic E-state index is 10.4. The minimum atomic E-state index is -0.763. The van der Waals surface area contributed by atoms with E-state index in [4.69, 9.17) is 5.11 Å². The summed E-state index contributed by atoms with van der Waals surface area (Å²) in [6.07, 6.45) is 2.66. The van der Waals surface area contributed by atoms with E-state index >= 15 is 0 Å². The number of hydrogen-bond acceptors (Lipinski definition) is 3. The van der Waals surface area contributed by atoms with E-state index in [0.717, 1.165) is 16.3 Å². The van der Waals surface area contributed by atoms with Crippen molar-refractivity contribution in [1.82, 2.24) is 9.38 Å². The van der Waals surface area contributed by atoms with Gasteiger partial charge in [0.15, 0.2) is 4.96 Å². The number of fused-ring (bicyclic) bond motifs is 1. The van der Waals surface area contributed by atoms with Crippen LogP contribution in [0.1, 0.15) is 17.8 Å². The average Bonchev–Trinajstić information content (AvgIpc) is 2.60. The Bertz CT molecular complexity index is 477. The fourth-order valence-electron chi connectivity index (χ4n) is 1.36. The number of nitrogens with zero attached hydrogens (tertiary/aromatic N) is 2. The molecular weight excluding hydrogens is 280 g/mol. The van der Waals surface area contributed by atoms with Crippen LogP contribution in [0.3, 0.4) is 0 Å². The largest absolute Gasteiger partial charge is 0.481 e. The van der Waals surface area contributed by atoms with Crippen LogP contribution in [-0.2, 0) is 11.2 Å². The van der Waals surface area contributed by atoms with Gasteiger partial charge >= 0.3 is 5.97 Å². The number of carboxylic acid groups (broad SMARTS) is 1. The van der Waals surface area contributed by atoms with E-state index < -0.39 is 5.97 Å². The zero-order chi connectivity index (χ0) is 10.1. The van der Waals surface area contributed by atoms with Gasteiger partial charge in [-0.05, 0) is 13.3 Å². The van der Waals surface area contributed by atoms with E-state index in [1.54, 1.807) is 11.3 Å². The lowest BCUT2D eigenvalue weighted by atomic mass is 10.2. The monoisotopic (exact) mass is 290 g/mol. The first kappa shape index (κ1) is 12.2. The summed E-state index contributed by atoms with van der Waals surface area (Å²) in [5, 5.41) is 10.5. The molecule has 0 spiro atoms. The van der Waals surface area contributed by atoms with Gasteiger partial charge in [-0.2, -0.15) is 0 Å². The van der Waals surface area contributed by atoms with E-state index in [2.05, 4.69) is 4.98 Å². The van der Waals surface area contributed by atoms with Crippen molar-refractivity contribution in [1.29, 1.82) is 0 Å². The Balaban J connectivity index is 0.00000112. The summed E-state index contributed by atoms with van der Waals surface area (Å²) in [7, 11) is 0. The Morgan fingerprint density at radius 2 is 2.40 bits per heavy atom. The van der Waals surface area contributed by atoms with Crippen LogP contribution in [0.15, 0.2) is 11.6 Å². The highest BCUT2D eigenvalue weighted by Gasteiger charge is 2.07. The van der Waals surface area contributed by atoms with Crippen LogP contribution in [0.25, 0.3) is 4.96 Å². The molecule has 0 fully saturated rings. The van der Waals surface area contributed by atoms with Crippen LogP contribution in [0, 0.1) is 6.92 Å². The molecule has 0 aliphatic carbocycles. The second kappa shape index (κ2) is 4.76. The number of imidazole rings is 1. The predicted octanol–water partition coefficient (Wildman–Crippen LogP) is 2.30. The van der Waals surface area contributed by atoms with Gasteiger partial charge in [-0.3, -0.25) is 9.20 Å². The molecule has 0 amide bonds. The number of rotatable bonds is 3. The molecule has 4 nitrogen and oxygen atoms in total. The number of carbonyl (C=O) groups is 1. The standard InChI is InChI=1S/C9H10N2O2S.BrH/c1-6-4-11-7(2-3-8(12)13)5-14-9(11)10-6;/h4-5H,2-3H2,1H3,(H,12,13);1H. The summed E-state index contributed by atoms with van der Waals surface area (Å²) in [4.78, 5) is 15.6. The summed E-state index contributed by atoms with van der Waals surface area (Å²) in [6.45, 7) is 1.93. The zero-order valence-electron chi connectivity index (χ0n) is 8.14. The first-order chi connectivity index (χ1) is 6.66. The van der Waals surface area contributed by atoms with Crippen LogP contribution in [0.2, 0.25) is 0 Å². The zero-order valence-corrected chi connectivity index (χ0v) is 10.7. The van der Waals surface area contributed by atoms with Crippen LogP contribution in [0.4, 0.5) is 0 Å². The summed E-state index contributed by atoms with van der Waals surface area (Å²) in [5.41, 5.74) is 1.99. The van der Waals surface area contributed by atoms with Crippen molar-refractivity contribution in [3.63, 3.8) is 0 Å². The van der Waals surface area contributed by atoms with Crippen molar-refractivity contribution in [3.8, 4) is 0 Å². The molecule has 15 heavy (non-hydrogen) atoms. The predicted molar refractivity (Wildman–Crippen MR) is 64.1 cm³/mol. The third-order valence-electron chi connectivity index (χ3n) is 2.00. The normalized spacial score (nSPS) is 10.2. The quantitative estimate of drug-likeness (QED) is 0.944. The number of thiazole rings is 1. The van der Waals surface area contributed by atoms with Gasteiger partial charge in [-0.15, -0.1) is 28.3 Å². The van der Waals surface area contributed by atoms with E-state index in [0.29, 0.717) is 6.42 Å². The van der Waals surface area contributed by atoms with Crippen molar-refractivity contribution in [2.24, 2.45) is 0 Å². The van der Waals surface area contributed by atoms with Crippen LogP contribution in [-0.4, -0.2) is 20.5 Å². The van der Waals surface area contributed by atoms with Gasteiger partial charge in [-0.25, -0.2) is 4.98 Å². The number of hydrogen-bond donors (Lipinski definition) is 1. The molecule has 2 rings (SSSR count). The molecule has 6 heteroatoms. The molecule has 0 aliphatic heterocycles. The van der Waals surface area contributed by atoms with Crippen molar-refractivity contribution in [3.05, 3.63) is 23.0 Å². The van der Waals surface area contributed by atoms with Gasteiger partial charge in [0.25, 0.3) is 0 Å². The van der Waals surface area contributed by atoms with Crippen LogP contribution >= 0.6 is 28.3 Å². The minimum absolute atomic E-state index is 0. The lowest BCUT2D eigenvalue weighted by Gasteiger charge is -1.94. The Labute approximate surface area is 101 Å². The molecule has 2 heterocycles. The van der Waals surface area contributed by atoms with Gasteiger partial charge in [0.1, 0.15) is 0 Å². The molecule has 2 aromatic rings. The van der Waals surface area contributed by atoms with Gasteiger partial charge < -0.3 is 5.11 Å². The molecule has 0 unspecified atom stereocenters. The SMILES string of the molecule is Br.Cc1cn2c(CCC(=O)O)csc2n1. The Kier molecular flexibility index (Phi) is 3.87. The van der Waals surface area contributed by atoms with Crippen molar-refractivity contribution in [2.75, 3.05) is 0 Å². The molecule has 0 atom stereocenters. The number of halogens is 1. The fourth-order valence-corrected chi connectivity index (χ4v) is 2.31. The highest BCUT2D eigenvalue weighted by Crippen LogP contribution is 2.17. The van der Waals surface area contributed by atoms with Crippen LogP contribution < -0.4 is 0 Å². The number of aryl methyl sites for hydroxylation is 2. The van der Waals surface area contributed by atoms with Crippen molar-refractivity contribution >= 4 is 39.2 Å². The summed E-state index contributed by atoms with van der Waals surface area (Å²) in [5.74, 6) is -0.763. The third kappa shape index (κ3) is 2.57. The molecule has 0 radical (unpaired) electrons. The molecule has 0 aromatic carbocycles. The van der Waals surface area contributed by atoms with Gasteiger partial charge in [0.05, 0.1) is 12.1 Å². The smallest absolute Gasteiger partial charge is 0.303 e. The van der Waals surface area contributed by atoms with Crippen LogP contribution in [0.5, 0.6) is 0 Å². The molecule has 0 saturated carbocycles. The maximum Gasteiger partial charge on any atom is 0.303 e. The fraction of sp³-hybridized carbons (Fsp3) is 0.333. The maximum atomic E-state index is 10.4. The first-order valence-corrected chi connectivity index (χ1v) is 5.18. The molecule has 0 aliphatic rings. The van der Waals surface area contributed by atoms with E-state index in [-0.39, 0.29) is 23.4 Å².